The number of nitrogens with zero attached hydrogens (tertiary/aromatic N) is 3. The molecule has 1 aromatic heterocycles. The summed E-state index contributed by atoms with van der Waals surface area (Å²) in [7, 11) is -7.94. The number of amides is 1. The molecule has 0 atom stereocenters. The third kappa shape index (κ3) is 9.06. The Hall–Kier alpha value is -4.59. The van der Waals surface area contributed by atoms with E-state index in [9.17, 15) is 21.6 Å². The highest BCUT2D eigenvalue weighted by Crippen LogP contribution is 2.23. The average molecular weight is 705 g/mol. The van der Waals surface area contributed by atoms with Crippen molar-refractivity contribution in [2.45, 2.75) is 36.3 Å². The van der Waals surface area contributed by atoms with Crippen LogP contribution in [-0.2, 0) is 44.5 Å². The van der Waals surface area contributed by atoms with Gasteiger partial charge in [-0.25, -0.2) is 22.3 Å². The van der Waals surface area contributed by atoms with Gasteiger partial charge < -0.3 is 4.42 Å². The van der Waals surface area contributed by atoms with E-state index in [0.717, 1.165) is 15.4 Å². The number of carbonyl (C=O) groups is 1. The van der Waals surface area contributed by atoms with E-state index in [1.165, 1.54) is 34.8 Å². The molecule has 4 aromatic carbocycles. The molecule has 0 fully saturated rings. The van der Waals surface area contributed by atoms with Crippen LogP contribution in [-0.4, -0.2) is 44.1 Å². The summed E-state index contributed by atoms with van der Waals surface area (Å²) in [6, 6.07) is 33.7. The molecule has 1 amide bonds. The van der Waals surface area contributed by atoms with Crippen molar-refractivity contribution < 1.29 is 26.0 Å². The lowest BCUT2D eigenvalue weighted by molar-refractivity contribution is -0.121. The minimum atomic E-state index is -4.06. The molecule has 5 rings (SSSR count). The smallest absolute Gasteiger partial charge is 0.255 e. The maximum Gasteiger partial charge on any atom is 0.255 e. The summed E-state index contributed by atoms with van der Waals surface area (Å²) in [5, 5.41) is 4.33. The van der Waals surface area contributed by atoms with Gasteiger partial charge in [0.1, 0.15) is 11.5 Å². The zero-order valence-corrected chi connectivity index (χ0v) is 28.3. The van der Waals surface area contributed by atoms with Crippen molar-refractivity contribution in [3.8, 4) is 0 Å². The van der Waals surface area contributed by atoms with E-state index < -0.39 is 32.5 Å². The molecule has 0 unspecified atom stereocenters. The Morgan fingerprint density at radius 1 is 0.708 bits per heavy atom. The molecule has 248 valence electrons. The van der Waals surface area contributed by atoms with Crippen LogP contribution in [0.2, 0.25) is 5.02 Å². The number of hydrogen-bond acceptors (Lipinski definition) is 7. The molecule has 0 saturated carbocycles. The normalized spacial score (nSPS) is 12.2. The Morgan fingerprint density at radius 3 is 1.81 bits per heavy atom. The standard InChI is InChI=1S/C35H33ClN4O6S2/c1-27-12-18-33(19-13-27)47(42,43)39(23-28-8-4-2-5-9-28)25-32-17-16-31(46-32)22-37-38-35(41)26-40(24-29-10-6-3-7-11-29)48(44,45)34-20-14-30(36)15-21-34/h2-22H,23-26H2,1H3,(H,38,41)/b37-22-. The first-order valence-corrected chi connectivity index (χ1v) is 18.1. The fourth-order valence-electron chi connectivity index (χ4n) is 4.73. The number of nitrogens with one attached hydrogen (secondary N) is 1. The van der Waals surface area contributed by atoms with Gasteiger partial charge in [-0.3, -0.25) is 4.79 Å². The zero-order valence-electron chi connectivity index (χ0n) is 25.9. The molecule has 5 aromatic rings. The molecule has 10 nitrogen and oxygen atoms in total. The maximum atomic E-state index is 13.6. The van der Waals surface area contributed by atoms with Crippen LogP contribution in [0.15, 0.2) is 141 Å². The summed E-state index contributed by atoms with van der Waals surface area (Å²) in [5.74, 6) is -0.0603. The highest BCUT2D eigenvalue weighted by atomic mass is 35.5. The highest BCUT2D eigenvalue weighted by Gasteiger charge is 2.28. The molecule has 0 aliphatic carbocycles. The molecule has 0 aliphatic rings. The van der Waals surface area contributed by atoms with Crippen molar-refractivity contribution in [2.75, 3.05) is 6.54 Å². The molecular formula is C35H33ClN4O6S2. The molecule has 0 bridgehead atoms. The van der Waals surface area contributed by atoms with E-state index in [0.29, 0.717) is 16.3 Å². The van der Waals surface area contributed by atoms with E-state index in [2.05, 4.69) is 10.5 Å². The Balaban J connectivity index is 1.28. The van der Waals surface area contributed by atoms with Crippen molar-refractivity contribution in [3.05, 3.63) is 155 Å². The van der Waals surface area contributed by atoms with Crippen LogP contribution in [0.4, 0.5) is 0 Å². The topological polar surface area (TPSA) is 129 Å². The third-order valence-corrected chi connectivity index (χ3v) is 11.1. The first-order valence-electron chi connectivity index (χ1n) is 14.8. The van der Waals surface area contributed by atoms with E-state index in [-0.39, 0.29) is 35.2 Å². The number of hydrogen-bond donors (Lipinski definition) is 1. The van der Waals surface area contributed by atoms with Gasteiger partial charge in [0.25, 0.3) is 5.91 Å². The lowest BCUT2D eigenvalue weighted by atomic mass is 10.2. The number of halogens is 1. The second-order valence-electron chi connectivity index (χ2n) is 10.9. The van der Waals surface area contributed by atoms with E-state index in [1.807, 2.05) is 43.3 Å². The van der Waals surface area contributed by atoms with E-state index in [4.69, 9.17) is 16.0 Å². The minimum absolute atomic E-state index is 0.00653. The predicted octanol–water partition coefficient (Wildman–Crippen LogP) is 5.97. The van der Waals surface area contributed by atoms with Gasteiger partial charge in [-0.1, -0.05) is 90.0 Å². The molecule has 1 N–H and O–H groups in total. The monoisotopic (exact) mass is 704 g/mol. The van der Waals surface area contributed by atoms with Crippen LogP contribution in [0.1, 0.15) is 28.2 Å². The van der Waals surface area contributed by atoms with E-state index in [1.54, 1.807) is 60.7 Å². The quantitative estimate of drug-likeness (QED) is 0.112. The lowest BCUT2D eigenvalue weighted by Crippen LogP contribution is -2.39. The van der Waals surface area contributed by atoms with Crippen molar-refractivity contribution >= 4 is 43.8 Å². The maximum absolute atomic E-state index is 13.6. The Bertz CT molecular complexity index is 2070. The van der Waals surface area contributed by atoms with E-state index >= 15 is 0 Å². The first kappa shape index (κ1) is 34.7. The number of sulfonamides is 2. The van der Waals surface area contributed by atoms with Crippen LogP contribution in [0.3, 0.4) is 0 Å². The number of aryl methyl sites for hydroxylation is 1. The number of carbonyl (C=O) groups excluding carboxylic acids is 1. The molecular weight excluding hydrogens is 672 g/mol. The number of rotatable bonds is 14. The lowest BCUT2D eigenvalue weighted by Gasteiger charge is -2.21. The van der Waals surface area contributed by atoms with Gasteiger partial charge in [0.2, 0.25) is 20.0 Å². The molecule has 0 spiro atoms. The summed E-state index contributed by atoms with van der Waals surface area (Å²) in [4.78, 5) is 13.1. The van der Waals surface area contributed by atoms with Gasteiger partial charge in [0.15, 0.2) is 0 Å². The summed E-state index contributed by atoms with van der Waals surface area (Å²) in [6.45, 7) is 1.40. The van der Waals surface area contributed by atoms with Gasteiger partial charge in [0, 0.05) is 18.1 Å². The molecule has 48 heavy (non-hydrogen) atoms. The van der Waals surface area contributed by atoms with Crippen molar-refractivity contribution in [1.29, 1.82) is 0 Å². The van der Waals surface area contributed by atoms with Crippen LogP contribution in [0.25, 0.3) is 0 Å². The molecule has 0 saturated heterocycles. The Kier molecular flexibility index (Phi) is 11.2. The third-order valence-electron chi connectivity index (χ3n) is 7.23. The number of benzene rings is 4. The SMILES string of the molecule is Cc1ccc(S(=O)(=O)N(Cc2ccccc2)Cc2ccc(/C=N\NC(=O)CN(Cc3ccccc3)S(=O)(=O)c3ccc(Cl)cc3)o2)cc1. The molecule has 1 heterocycles. The van der Waals surface area contributed by atoms with Gasteiger partial charge in [-0.2, -0.15) is 13.7 Å². The summed E-state index contributed by atoms with van der Waals surface area (Å²) in [6.07, 6.45) is 1.26. The predicted molar refractivity (Wildman–Crippen MR) is 184 cm³/mol. The van der Waals surface area contributed by atoms with Crippen molar-refractivity contribution in [3.63, 3.8) is 0 Å². The zero-order chi connectivity index (χ0) is 34.1. The fourth-order valence-corrected chi connectivity index (χ4v) is 7.63. The van der Waals surface area contributed by atoms with Crippen molar-refractivity contribution in [2.24, 2.45) is 5.10 Å². The minimum Gasteiger partial charge on any atom is -0.459 e. The first-order chi connectivity index (χ1) is 23.0. The second-order valence-corrected chi connectivity index (χ2v) is 15.2. The van der Waals surface area contributed by atoms with Crippen LogP contribution in [0, 0.1) is 6.92 Å². The van der Waals surface area contributed by atoms with Gasteiger partial charge in [0.05, 0.1) is 29.1 Å². The summed E-state index contributed by atoms with van der Waals surface area (Å²) >= 11 is 5.95. The molecule has 13 heteroatoms. The Labute approximate surface area is 285 Å². The van der Waals surface area contributed by atoms with Crippen LogP contribution >= 0.6 is 11.6 Å². The fraction of sp³-hybridized carbons (Fsp3) is 0.143. The second kappa shape index (κ2) is 15.5. The molecule has 0 radical (unpaired) electrons. The Morgan fingerprint density at radius 2 is 1.23 bits per heavy atom. The van der Waals surface area contributed by atoms with Gasteiger partial charge in [-0.05, 0) is 66.6 Å². The number of hydrazone groups is 1. The summed E-state index contributed by atoms with van der Waals surface area (Å²) in [5.41, 5.74) is 4.80. The largest absolute Gasteiger partial charge is 0.459 e. The molecule has 0 aliphatic heterocycles. The number of furan rings is 1. The van der Waals surface area contributed by atoms with Crippen LogP contribution < -0.4 is 5.43 Å². The van der Waals surface area contributed by atoms with Crippen LogP contribution in [0.5, 0.6) is 0 Å². The van der Waals surface area contributed by atoms with Gasteiger partial charge >= 0.3 is 0 Å². The van der Waals surface area contributed by atoms with Gasteiger partial charge in [-0.15, -0.1) is 0 Å². The average Bonchev–Trinajstić information content (AvgIpc) is 3.52. The van der Waals surface area contributed by atoms with Crippen molar-refractivity contribution in [1.82, 2.24) is 14.0 Å². The highest BCUT2D eigenvalue weighted by molar-refractivity contribution is 7.89. The summed E-state index contributed by atoms with van der Waals surface area (Å²) < 4.78 is 62.4.